The van der Waals surface area contributed by atoms with Gasteiger partial charge in [0.2, 0.25) is 5.91 Å². The Labute approximate surface area is 182 Å². The third-order valence-electron chi connectivity index (χ3n) is 5.11. The minimum Gasteiger partial charge on any atom is -0.371 e. The first kappa shape index (κ1) is 24.1. The molecule has 0 radical (unpaired) electrons. The summed E-state index contributed by atoms with van der Waals surface area (Å²) in [5.41, 5.74) is -4.61. The lowest BCUT2D eigenvalue weighted by Crippen LogP contribution is -2.39. The van der Waals surface area contributed by atoms with Crippen molar-refractivity contribution in [3.63, 3.8) is 0 Å². The summed E-state index contributed by atoms with van der Waals surface area (Å²) in [5.74, 6) is -3.34. The Kier molecular flexibility index (Phi) is 6.34. The highest BCUT2D eigenvalue weighted by Crippen LogP contribution is 2.43. The van der Waals surface area contributed by atoms with Gasteiger partial charge < -0.3 is 9.80 Å². The van der Waals surface area contributed by atoms with Gasteiger partial charge in [0.15, 0.2) is 0 Å². The third kappa shape index (κ3) is 4.77. The van der Waals surface area contributed by atoms with Gasteiger partial charge in [-0.05, 0) is 30.2 Å². The number of likely N-dealkylation sites (N-methyl/N-ethyl adjacent to an activating group) is 1. The monoisotopic (exact) mass is 486 g/mol. The Balaban J connectivity index is 2.08. The van der Waals surface area contributed by atoms with E-state index < -0.39 is 63.7 Å². The van der Waals surface area contributed by atoms with Crippen LogP contribution < -0.4 is 9.80 Å². The van der Waals surface area contributed by atoms with Gasteiger partial charge in [-0.3, -0.25) is 4.79 Å². The molecular weight excluding hydrogens is 472 g/mol. The molecule has 0 aliphatic carbocycles. The Bertz CT molecular complexity index is 1050. The summed E-state index contributed by atoms with van der Waals surface area (Å²) in [6, 6.07) is 1.73. The van der Waals surface area contributed by atoms with E-state index in [-0.39, 0.29) is 24.8 Å². The Morgan fingerprint density at radius 3 is 2.12 bits per heavy atom. The number of halogens is 9. The van der Waals surface area contributed by atoms with Crippen molar-refractivity contribution in [3.8, 4) is 0 Å². The largest absolute Gasteiger partial charge is 0.416 e. The molecule has 1 heterocycles. The zero-order valence-electron chi connectivity index (χ0n) is 16.3. The highest BCUT2D eigenvalue weighted by Gasteiger charge is 2.41. The molecule has 1 amide bonds. The highest BCUT2D eigenvalue weighted by molar-refractivity contribution is 6.31. The van der Waals surface area contributed by atoms with Crippen LogP contribution in [-0.2, 0) is 23.6 Å². The van der Waals surface area contributed by atoms with Gasteiger partial charge in [-0.2, -0.15) is 26.3 Å². The minimum atomic E-state index is -5.18. The van der Waals surface area contributed by atoms with E-state index in [4.69, 9.17) is 11.6 Å². The topological polar surface area (TPSA) is 23.6 Å². The molecule has 0 bridgehead atoms. The van der Waals surface area contributed by atoms with E-state index in [1.807, 2.05) is 0 Å². The van der Waals surface area contributed by atoms with Crippen LogP contribution in [0.15, 0.2) is 24.3 Å². The van der Waals surface area contributed by atoms with Gasteiger partial charge in [0.1, 0.15) is 11.6 Å². The fourth-order valence-electron chi connectivity index (χ4n) is 3.27. The zero-order chi connectivity index (χ0) is 24.0. The molecule has 0 unspecified atom stereocenters. The standard InChI is InChI=1S/C20H15ClF8N2O/c1-30(17-8-13(21)14(22)9-15(17)23)18(32)7-11-12(20(27,28)29)5-10(19(24,25)26)6-16(11)31-3-2-4-31/h5-6,8-9H,2-4,7H2,1H3. The average molecular weight is 487 g/mol. The number of rotatable bonds is 4. The van der Waals surface area contributed by atoms with Crippen LogP contribution in [0.4, 0.5) is 46.5 Å². The minimum absolute atomic E-state index is 0.0404. The van der Waals surface area contributed by atoms with Crippen LogP contribution in [0.2, 0.25) is 5.02 Å². The number of alkyl halides is 6. The predicted octanol–water partition coefficient (Wildman–Crippen LogP) is 6.07. The van der Waals surface area contributed by atoms with Gasteiger partial charge in [0, 0.05) is 31.9 Å². The molecule has 2 aromatic carbocycles. The lowest BCUT2D eigenvalue weighted by atomic mass is 9.95. The van der Waals surface area contributed by atoms with Crippen LogP contribution in [0.3, 0.4) is 0 Å². The molecule has 32 heavy (non-hydrogen) atoms. The first-order valence-electron chi connectivity index (χ1n) is 9.17. The maximum Gasteiger partial charge on any atom is 0.416 e. The van der Waals surface area contributed by atoms with Gasteiger partial charge in [-0.15, -0.1) is 0 Å². The second-order valence-corrected chi connectivity index (χ2v) is 7.61. The smallest absolute Gasteiger partial charge is 0.371 e. The van der Waals surface area contributed by atoms with Crippen molar-refractivity contribution in [1.29, 1.82) is 0 Å². The number of amides is 1. The van der Waals surface area contributed by atoms with Crippen molar-refractivity contribution >= 4 is 28.9 Å². The van der Waals surface area contributed by atoms with E-state index >= 15 is 0 Å². The van der Waals surface area contributed by atoms with Gasteiger partial charge in [-0.1, -0.05) is 11.6 Å². The summed E-state index contributed by atoms with van der Waals surface area (Å²) >= 11 is 5.59. The Morgan fingerprint density at radius 2 is 1.62 bits per heavy atom. The summed E-state index contributed by atoms with van der Waals surface area (Å²) in [4.78, 5) is 14.7. The number of nitrogens with zero attached hydrogens (tertiary/aromatic N) is 2. The molecule has 0 N–H and O–H groups in total. The molecule has 2 aromatic rings. The number of carbonyl (C=O) groups excluding carboxylic acids is 1. The van der Waals surface area contributed by atoms with Crippen molar-refractivity contribution < 1.29 is 39.9 Å². The first-order chi connectivity index (χ1) is 14.7. The predicted molar refractivity (Wildman–Crippen MR) is 102 cm³/mol. The molecular formula is C20H15ClF8N2O. The van der Waals surface area contributed by atoms with Crippen molar-refractivity contribution in [2.75, 3.05) is 29.9 Å². The lowest BCUT2D eigenvalue weighted by molar-refractivity contribution is -0.143. The number of benzene rings is 2. The van der Waals surface area contributed by atoms with Crippen molar-refractivity contribution in [1.82, 2.24) is 0 Å². The van der Waals surface area contributed by atoms with Gasteiger partial charge in [0.05, 0.1) is 28.3 Å². The van der Waals surface area contributed by atoms with Crippen molar-refractivity contribution in [3.05, 3.63) is 57.6 Å². The molecule has 1 saturated heterocycles. The SMILES string of the molecule is CN(C(=O)Cc1c(N2CCC2)cc(C(F)(F)F)cc1C(F)(F)F)c1cc(Cl)c(F)cc1F. The third-order valence-corrected chi connectivity index (χ3v) is 5.40. The molecule has 0 atom stereocenters. The average Bonchev–Trinajstić information content (AvgIpc) is 2.61. The summed E-state index contributed by atoms with van der Waals surface area (Å²) in [6.45, 7) is 0.440. The molecule has 1 fully saturated rings. The van der Waals surface area contributed by atoms with E-state index in [2.05, 4.69) is 0 Å². The number of hydrogen-bond donors (Lipinski definition) is 0. The zero-order valence-corrected chi connectivity index (χ0v) is 17.1. The fourth-order valence-corrected chi connectivity index (χ4v) is 3.43. The van der Waals surface area contributed by atoms with Crippen LogP contribution in [0, 0.1) is 11.6 Å². The van der Waals surface area contributed by atoms with E-state index in [9.17, 15) is 39.9 Å². The molecule has 3 rings (SSSR count). The van der Waals surface area contributed by atoms with Crippen LogP contribution in [0.5, 0.6) is 0 Å². The molecule has 12 heteroatoms. The number of hydrogen-bond acceptors (Lipinski definition) is 2. The van der Waals surface area contributed by atoms with Gasteiger partial charge in [-0.25, -0.2) is 8.78 Å². The quantitative estimate of drug-likeness (QED) is 0.387. The molecule has 1 aliphatic rings. The van der Waals surface area contributed by atoms with Gasteiger partial charge in [0.25, 0.3) is 0 Å². The van der Waals surface area contributed by atoms with Crippen LogP contribution in [-0.4, -0.2) is 26.0 Å². The van der Waals surface area contributed by atoms with Crippen LogP contribution >= 0.6 is 11.6 Å². The fraction of sp³-hybridized carbons (Fsp3) is 0.350. The molecule has 0 aromatic heterocycles. The van der Waals surface area contributed by atoms with Crippen molar-refractivity contribution in [2.45, 2.75) is 25.2 Å². The number of anilines is 2. The second kappa shape index (κ2) is 8.42. The molecule has 3 nitrogen and oxygen atoms in total. The Morgan fingerprint density at radius 1 is 1.00 bits per heavy atom. The van der Waals surface area contributed by atoms with Crippen molar-refractivity contribution in [2.24, 2.45) is 0 Å². The normalized spacial score (nSPS) is 14.4. The highest BCUT2D eigenvalue weighted by atomic mass is 35.5. The molecule has 0 spiro atoms. The van der Waals surface area contributed by atoms with E-state index in [1.54, 1.807) is 0 Å². The summed E-state index contributed by atoms with van der Waals surface area (Å²) in [5, 5.41) is -0.521. The van der Waals surface area contributed by atoms with E-state index in [0.29, 0.717) is 23.5 Å². The number of carbonyl (C=O) groups is 1. The Hall–Kier alpha value is -2.56. The molecule has 174 valence electrons. The second-order valence-electron chi connectivity index (χ2n) is 7.20. The van der Waals surface area contributed by atoms with E-state index in [0.717, 1.165) is 13.1 Å². The van der Waals surface area contributed by atoms with Crippen LogP contribution in [0.25, 0.3) is 0 Å². The van der Waals surface area contributed by atoms with Crippen LogP contribution in [0.1, 0.15) is 23.1 Å². The van der Waals surface area contributed by atoms with Gasteiger partial charge >= 0.3 is 12.4 Å². The summed E-state index contributed by atoms with van der Waals surface area (Å²) in [6.07, 6.45) is -10.6. The van der Waals surface area contributed by atoms with E-state index in [1.165, 1.54) is 4.90 Å². The lowest BCUT2D eigenvalue weighted by Gasteiger charge is -2.36. The summed E-state index contributed by atoms with van der Waals surface area (Å²) in [7, 11) is 1.04. The maximum atomic E-state index is 14.1. The molecule has 1 aliphatic heterocycles. The molecule has 0 saturated carbocycles. The maximum absolute atomic E-state index is 14.1. The summed E-state index contributed by atoms with van der Waals surface area (Å²) < 4.78 is 108. The first-order valence-corrected chi connectivity index (χ1v) is 9.55.